The predicted molar refractivity (Wildman–Crippen MR) is 70.6 cm³/mol. The lowest BCUT2D eigenvalue weighted by atomic mass is 10.2. The molecule has 0 aliphatic rings. The van der Waals surface area contributed by atoms with Crippen LogP contribution in [0.25, 0.3) is 0 Å². The Bertz CT molecular complexity index is 338. The Hall–Kier alpha value is -0.540. The first-order valence-electron chi connectivity index (χ1n) is 5.66. The molecule has 0 radical (unpaired) electrons. The summed E-state index contributed by atoms with van der Waals surface area (Å²) in [5, 5.41) is 1.99. The highest BCUT2D eigenvalue weighted by Gasteiger charge is 2.17. The molecule has 0 atom stereocenters. The molecule has 0 saturated heterocycles. The van der Waals surface area contributed by atoms with Crippen LogP contribution in [0.3, 0.4) is 0 Å². The molecule has 0 spiro atoms. The van der Waals surface area contributed by atoms with E-state index < -0.39 is 0 Å². The van der Waals surface area contributed by atoms with Crippen LogP contribution in [-0.2, 0) is 6.42 Å². The summed E-state index contributed by atoms with van der Waals surface area (Å²) in [5.74, 6) is 0.758. The topological polar surface area (TPSA) is 20.3 Å². The summed E-state index contributed by atoms with van der Waals surface area (Å²) in [6.07, 6.45) is 1.77. The molecule has 0 fully saturated rings. The van der Waals surface area contributed by atoms with Crippen molar-refractivity contribution in [2.24, 2.45) is 0 Å². The fourth-order valence-corrected chi connectivity index (χ4v) is 2.68. The van der Waals surface area contributed by atoms with E-state index in [0.717, 1.165) is 36.4 Å². The maximum atomic E-state index is 12.2. The van der Waals surface area contributed by atoms with Crippen LogP contribution in [-0.4, -0.2) is 29.8 Å². The van der Waals surface area contributed by atoms with Crippen molar-refractivity contribution in [2.45, 2.75) is 26.7 Å². The zero-order valence-corrected chi connectivity index (χ0v) is 11.4. The van der Waals surface area contributed by atoms with Gasteiger partial charge in [-0.1, -0.05) is 6.92 Å². The van der Waals surface area contributed by atoms with E-state index in [9.17, 15) is 4.79 Å². The summed E-state index contributed by atoms with van der Waals surface area (Å²) < 4.78 is 0. The van der Waals surface area contributed by atoms with Crippen molar-refractivity contribution in [3.63, 3.8) is 0 Å². The molecule has 1 aromatic heterocycles. The van der Waals surface area contributed by atoms with Gasteiger partial charge in [-0.2, -0.15) is 0 Å². The first-order chi connectivity index (χ1) is 7.74. The number of carbonyl (C=O) groups excluding carboxylic acids is 1. The van der Waals surface area contributed by atoms with Gasteiger partial charge in [0, 0.05) is 19.0 Å². The van der Waals surface area contributed by atoms with E-state index in [2.05, 4.69) is 6.92 Å². The van der Waals surface area contributed by atoms with E-state index in [1.807, 2.05) is 23.3 Å². The Labute approximate surface area is 106 Å². The lowest BCUT2D eigenvalue weighted by molar-refractivity contribution is 0.0769. The van der Waals surface area contributed by atoms with Gasteiger partial charge < -0.3 is 4.90 Å². The highest BCUT2D eigenvalue weighted by atomic mass is 35.5. The van der Waals surface area contributed by atoms with Crippen molar-refractivity contribution in [1.82, 2.24) is 4.90 Å². The van der Waals surface area contributed by atoms with E-state index in [4.69, 9.17) is 11.6 Å². The molecule has 0 aliphatic heterocycles. The maximum absolute atomic E-state index is 12.2. The molecule has 1 heterocycles. The second-order valence-electron chi connectivity index (χ2n) is 3.56. The smallest absolute Gasteiger partial charge is 0.264 e. The average Bonchev–Trinajstić information content (AvgIpc) is 2.77. The molecular weight excluding hydrogens is 242 g/mol. The van der Waals surface area contributed by atoms with Crippen molar-refractivity contribution < 1.29 is 4.79 Å². The molecular formula is C12H18ClNOS. The number of alkyl halides is 1. The van der Waals surface area contributed by atoms with Gasteiger partial charge in [-0.15, -0.1) is 22.9 Å². The van der Waals surface area contributed by atoms with Crippen molar-refractivity contribution in [2.75, 3.05) is 19.0 Å². The van der Waals surface area contributed by atoms with Gasteiger partial charge in [0.05, 0.1) is 4.88 Å². The average molecular weight is 260 g/mol. The Morgan fingerprint density at radius 2 is 2.25 bits per heavy atom. The fraction of sp³-hybridized carbons (Fsp3) is 0.583. The monoisotopic (exact) mass is 259 g/mol. The lowest BCUT2D eigenvalue weighted by Crippen LogP contribution is -2.31. The second-order valence-corrected chi connectivity index (χ2v) is 4.85. The Balaban J connectivity index is 2.74. The summed E-state index contributed by atoms with van der Waals surface area (Å²) in [6, 6.07) is 2.04. The van der Waals surface area contributed by atoms with Crippen LogP contribution in [0, 0.1) is 0 Å². The van der Waals surface area contributed by atoms with Crippen LogP contribution >= 0.6 is 22.9 Å². The molecule has 0 N–H and O–H groups in total. The Morgan fingerprint density at radius 1 is 1.50 bits per heavy atom. The predicted octanol–water partition coefficient (Wildman–Crippen LogP) is 3.40. The van der Waals surface area contributed by atoms with E-state index in [0.29, 0.717) is 5.88 Å². The summed E-state index contributed by atoms with van der Waals surface area (Å²) in [6.45, 7) is 5.58. The number of hydrogen-bond acceptors (Lipinski definition) is 2. The van der Waals surface area contributed by atoms with E-state index >= 15 is 0 Å². The number of carbonyl (C=O) groups is 1. The molecule has 90 valence electrons. The van der Waals surface area contributed by atoms with Gasteiger partial charge in [-0.05, 0) is 36.8 Å². The molecule has 4 heteroatoms. The fourth-order valence-electron chi connectivity index (χ4n) is 1.60. The molecule has 0 unspecified atom stereocenters. The van der Waals surface area contributed by atoms with E-state index in [-0.39, 0.29) is 5.91 Å². The number of hydrogen-bond donors (Lipinski definition) is 0. The second kappa shape index (κ2) is 6.92. The third-order valence-corrected chi connectivity index (χ3v) is 3.76. The Kier molecular flexibility index (Phi) is 5.85. The largest absolute Gasteiger partial charge is 0.338 e. The van der Waals surface area contributed by atoms with Gasteiger partial charge in [0.15, 0.2) is 0 Å². The Morgan fingerprint density at radius 3 is 2.81 bits per heavy atom. The molecule has 0 saturated carbocycles. The number of halogens is 1. The summed E-state index contributed by atoms with van der Waals surface area (Å²) in [7, 11) is 0. The van der Waals surface area contributed by atoms with Gasteiger partial charge >= 0.3 is 0 Å². The first kappa shape index (κ1) is 13.5. The summed E-state index contributed by atoms with van der Waals surface area (Å²) in [4.78, 5) is 15.0. The third-order valence-electron chi connectivity index (χ3n) is 2.55. The molecule has 2 nitrogen and oxygen atoms in total. The van der Waals surface area contributed by atoms with Crippen LogP contribution in [0.5, 0.6) is 0 Å². The minimum absolute atomic E-state index is 0.152. The quantitative estimate of drug-likeness (QED) is 0.717. The van der Waals surface area contributed by atoms with Crippen LogP contribution in [0.2, 0.25) is 0 Å². The standard InChI is InChI=1S/C12H18ClNOS/c1-3-10-6-9-16-11(10)12(15)14(4-2)8-5-7-13/h6,9H,3-5,7-8H2,1-2H3. The van der Waals surface area contributed by atoms with E-state index in [1.54, 1.807) is 0 Å². The summed E-state index contributed by atoms with van der Waals surface area (Å²) >= 11 is 7.19. The van der Waals surface area contributed by atoms with Crippen molar-refractivity contribution in [3.8, 4) is 0 Å². The molecule has 1 rings (SSSR count). The van der Waals surface area contributed by atoms with Crippen molar-refractivity contribution in [1.29, 1.82) is 0 Å². The molecule has 1 aromatic rings. The minimum Gasteiger partial charge on any atom is -0.338 e. The number of nitrogens with zero attached hydrogens (tertiary/aromatic N) is 1. The van der Waals surface area contributed by atoms with Gasteiger partial charge in [0.25, 0.3) is 5.91 Å². The van der Waals surface area contributed by atoms with Gasteiger partial charge in [-0.3, -0.25) is 4.79 Å². The lowest BCUT2D eigenvalue weighted by Gasteiger charge is -2.20. The number of rotatable bonds is 6. The molecule has 16 heavy (non-hydrogen) atoms. The molecule has 0 aliphatic carbocycles. The van der Waals surface area contributed by atoms with Gasteiger partial charge in [0.2, 0.25) is 0 Å². The van der Waals surface area contributed by atoms with Crippen LogP contribution in [0.15, 0.2) is 11.4 Å². The molecule has 1 amide bonds. The van der Waals surface area contributed by atoms with Crippen LogP contribution in [0.4, 0.5) is 0 Å². The van der Waals surface area contributed by atoms with Crippen LogP contribution < -0.4 is 0 Å². The van der Waals surface area contributed by atoms with Crippen molar-refractivity contribution >= 4 is 28.8 Å². The van der Waals surface area contributed by atoms with E-state index in [1.165, 1.54) is 11.3 Å². The summed E-state index contributed by atoms with van der Waals surface area (Å²) in [5.41, 5.74) is 1.15. The molecule has 0 bridgehead atoms. The SMILES string of the molecule is CCc1ccsc1C(=O)N(CC)CCCCl. The van der Waals surface area contributed by atoms with Crippen LogP contribution in [0.1, 0.15) is 35.5 Å². The van der Waals surface area contributed by atoms with Gasteiger partial charge in [0.1, 0.15) is 0 Å². The normalized spacial score (nSPS) is 10.4. The van der Waals surface area contributed by atoms with Gasteiger partial charge in [-0.25, -0.2) is 0 Å². The highest BCUT2D eigenvalue weighted by molar-refractivity contribution is 7.12. The number of thiophene rings is 1. The van der Waals surface area contributed by atoms with Crippen molar-refractivity contribution in [3.05, 3.63) is 21.9 Å². The maximum Gasteiger partial charge on any atom is 0.264 e. The third kappa shape index (κ3) is 3.22. The zero-order chi connectivity index (χ0) is 12.0. The number of aryl methyl sites for hydroxylation is 1. The number of amides is 1. The minimum atomic E-state index is 0.152. The highest BCUT2D eigenvalue weighted by Crippen LogP contribution is 2.19. The first-order valence-corrected chi connectivity index (χ1v) is 7.07. The molecule has 0 aromatic carbocycles. The zero-order valence-electron chi connectivity index (χ0n) is 9.83.